The van der Waals surface area contributed by atoms with Crippen LogP contribution in [0.1, 0.15) is 19.7 Å². The van der Waals surface area contributed by atoms with E-state index in [1.165, 1.54) is 18.2 Å². The smallest absolute Gasteiger partial charge is 0.149 e. The zero-order chi connectivity index (χ0) is 15.4. The van der Waals surface area contributed by atoms with Gasteiger partial charge in [-0.05, 0) is 25.0 Å². The minimum atomic E-state index is -0.664. The molecule has 0 aliphatic rings. The van der Waals surface area contributed by atoms with E-state index < -0.39 is 11.6 Å². The van der Waals surface area contributed by atoms with Crippen LogP contribution in [-0.2, 0) is 0 Å². The number of nitrogens with zero attached hydrogens (tertiary/aromatic N) is 2. The fraction of sp³-hybridized carbons (Fsp3) is 0.333. The van der Waals surface area contributed by atoms with Crippen molar-refractivity contribution < 1.29 is 8.78 Å². The van der Waals surface area contributed by atoms with E-state index in [1.807, 2.05) is 0 Å². The average Bonchev–Trinajstić information content (AvgIpc) is 2.40. The summed E-state index contributed by atoms with van der Waals surface area (Å²) in [5, 5.41) is 5.83. The van der Waals surface area contributed by atoms with Gasteiger partial charge in [0, 0.05) is 12.6 Å². The Morgan fingerprint density at radius 1 is 1.10 bits per heavy atom. The second-order valence-corrected chi connectivity index (χ2v) is 5.18. The van der Waals surface area contributed by atoms with Crippen LogP contribution in [0.2, 0.25) is 0 Å². The summed E-state index contributed by atoms with van der Waals surface area (Å²) in [6.07, 6.45) is 0. The van der Waals surface area contributed by atoms with E-state index in [9.17, 15) is 8.78 Å². The van der Waals surface area contributed by atoms with Gasteiger partial charge in [0.15, 0.2) is 0 Å². The summed E-state index contributed by atoms with van der Waals surface area (Å²) >= 11 is 0. The highest BCUT2D eigenvalue weighted by molar-refractivity contribution is 5.60. The first-order chi connectivity index (χ1) is 9.95. The lowest BCUT2D eigenvalue weighted by molar-refractivity contribution is 0.590. The van der Waals surface area contributed by atoms with Gasteiger partial charge in [0.1, 0.15) is 34.8 Å². The molecule has 0 spiro atoms. The summed E-state index contributed by atoms with van der Waals surface area (Å²) in [7, 11) is 0. The molecule has 0 aliphatic heterocycles. The van der Waals surface area contributed by atoms with Gasteiger partial charge in [0.05, 0.1) is 0 Å². The molecule has 0 amide bonds. The molecule has 112 valence electrons. The molecule has 0 fully saturated rings. The highest BCUT2D eigenvalue weighted by atomic mass is 19.1. The lowest BCUT2D eigenvalue weighted by Crippen LogP contribution is -2.11. The number of nitrogens with one attached hydrogen (secondary N) is 2. The molecule has 0 saturated carbocycles. The molecule has 0 atom stereocenters. The SMILES string of the molecule is Cc1nc(NCC(C)C)cc(Nc2c(F)cccc2F)n1. The highest BCUT2D eigenvalue weighted by Gasteiger charge is 2.10. The number of rotatable bonds is 5. The van der Waals surface area contributed by atoms with E-state index in [0.29, 0.717) is 23.4 Å². The summed E-state index contributed by atoms with van der Waals surface area (Å²) < 4.78 is 27.3. The molecule has 0 aliphatic carbocycles. The number of anilines is 3. The Morgan fingerprint density at radius 3 is 2.33 bits per heavy atom. The first-order valence-corrected chi connectivity index (χ1v) is 6.76. The fourth-order valence-corrected chi connectivity index (χ4v) is 1.78. The topological polar surface area (TPSA) is 49.8 Å². The van der Waals surface area contributed by atoms with Crippen LogP contribution in [0.4, 0.5) is 26.1 Å². The molecule has 1 heterocycles. The number of aromatic nitrogens is 2. The molecule has 1 aromatic heterocycles. The maximum Gasteiger partial charge on any atom is 0.149 e. The Hall–Kier alpha value is -2.24. The van der Waals surface area contributed by atoms with E-state index in [1.54, 1.807) is 13.0 Å². The largest absolute Gasteiger partial charge is 0.370 e. The molecule has 6 heteroatoms. The van der Waals surface area contributed by atoms with Gasteiger partial charge in [-0.2, -0.15) is 0 Å². The van der Waals surface area contributed by atoms with Crippen molar-refractivity contribution in [2.24, 2.45) is 5.92 Å². The van der Waals surface area contributed by atoms with Gasteiger partial charge in [-0.1, -0.05) is 19.9 Å². The number of hydrogen-bond donors (Lipinski definition) is 2. The van der Waals surface area contributed by atoms with Crippen molar-refractivity contribution in [1.82, 2.24) is 9.97 Å². The predicted octanol–water partition coefficient (Wildman–Crippen LogP) is 3.87. The van der Waals surface area contributed by atoms with Crippen LogP contribution in [0.15, 0.2) is 24.3 Å². The Kier molecular flexibility index (Phi) is 4.67. The van der Waals surface area contributed by atoms with Crippen LogP contribution in [-0.4, -0.2) is 16.5 Å². The Bertz CT molecular complexity index is 609. The van der Waals surface area contributed by atoms with Crippen molar-refractivity contribution >= 4 is 17.3 Å². The van der Waals surface area contributed by atoms with Crippen molar-refractivity contribution in [1.29, 1.82) is 0 Å². The van der Waals surface area contributed by atoms with Crippen LogP contribution < -0.4 is 10.6 Å². The van der Waals surface area contributed by atoms with Crippen molar-refractivity contribution in [3.8, 4) is 0 Å². The van der Waals surface area contributed by atoms with Gasteiger partial charge in [0.25, 0.3) is 0 Å². The monoisotopic (exact) mass is 292 g/mol. The van der Waals surface area contributed by atoms with Crippen LogP contribution in [0, 0.1) is 24.5 Å². The van der Waals surface area contributed by atoms with E-state index in [2.05, 4.69) is 34.4 Å². The third-order valence-electron chi connectivity index (χ3n) is 2.75. The third-order valence-corrected chi connectivity index (χ3v) is 2.75. The van der Waals surface area contributed by atoms with Crippen LogP contribution >= 0.6 is 0 Å². The van der Waals surface area contributed by atoms with E-state index >= 15 is 0 Å². The molecule has 0 saturated heterocycles. The van der Waals surface area contributed by atoms with E-state index in [4.69, 9.17) is 0 Å². The maximum absolute atomic E-state index is 13.6. The number of benzene rings is 1. The first-order valence-electron chi connectivity index (χ1n) is 6.76. The van der Waals surface area contributed by atoms with E-state index in [-0.39, 0.29) is 5.69 Å². The molecule has 21 heavy (non-hydrogen) atoms. The molecule has 1 aromatic carbocycles. The molecule has 4 nitrogen and oxygen atoms in total. The second-order valence-electron chi connectivity index (χ2n) is 5.18. The van der Waals surface area contributed by atoms with Crippen LogP contribution in [0.25, 0.3) is 0 Å². The molecule has 0 radical (unpaired) electrons. The van der Waals surface area contributed by atoms with Crippen molar-refractivity contribution in [3.05, 3.63) is 41.7 Å². The standard InChI is InChI=1S/C15H18F2N4/c1-9(2)8-18-13-7-14(20-10(3)19-13)21-15-11(16)5-4-6-12(15)17/h4-7,9H,8H2,1-3H3,(H2,18,19,20,21). The number of aryl methyl sites for hydroxylation is 1. The lowest BCUT2D eigenvalue weighted by Gasteiger charge is -2.12. The summed E-state index contributed by atoms with van der Waals surface area (Å²) in [6.45, 7) is 6.64. The first kappa shape index (κ1) is 15.2. The quantitative estimate of drug-likeness (QED) is 0.878. The fourth-order valence-electron chi connectivity index (χ4n) is 1.78. The summed E-state index contributed by atoms with van der Waals surface area (Å²) in [6, 6.07) is 5.33. The minimum absolute atomic E-state index is 0.217. The Balaban J connectivity index is 2.24. The van der Waals surface area contributed by atoms with Gasteiger partial charge in [-0.3, -0.25) is 0 Å². The van der Waals surface area contributed by atoms with Gasteiger partial charge in [0.2, 0.25) is 0 Å². The maximum atomic E-state index is 13.6. The number of para-hydroxylation sites is 1. The molecule has 2 N–H and O–H groups in total. The Labute approximate surface area is 122 Å². The number of hydrogen-bond acceptors (Lipinski definition) is 4. The van der Waals surface area contributed by atoms with Gasteiger partial charge in [-0.25, -0.2) is 18.7 Å². The number of halogens is 2. The van der Waals surface area contributed by atoms with Crippen molar-refractivity contribution in [2.75, 3.05) is 17.2 Å². The summed E-state index contributed by atoms with van der Waals surface area (Å²) in [4.78, 5) is 8.39. The lowest BCUT2D eigenvalue weighted by atomic mass is 10.2. The van der Waals surface area contributed by atoms with Crippen molar-refractivity contribution in [2.45, 2.75) is 20.8 Å². The average molecular weight is 292 g/mol. The molecule has 0 unspecified atom stereocenters. The summed E-state index contributed by atoms with van der Waals surface area (Å²) in [5.41, 5.74) is -0.217. The normalized spacial score (nSPS) is 10.8. The van der Waals surface area contributed by atoms with Crippen LogP contribution in [0.3, 0.4) is 0 Å². The second kappa shape index (κ2) is 6.47. The molecular weight excluding hydrogens is 274 g/mol. The molecule has 2 rings (SSSR count). The molecular formula is C15H18F2N4. The Morgan fingerprint density at radius 2 is 1.71 bits per heavy atom. The minimum Gasteiger partial charge on any atom is -0.370 e. The summed E-state index contributed by atoms with van der Waals surface area (Å²) in [5.74, 6) is 0.614. The third kappa shape index (κ3) is 4.11. The predicted molar refractivity (Wildman–Crippen MR) is 79.7 cm³/mol. The van der Waals surface area contributed by atoms with Gasteiger partial charge in [-0.15, -0.1) is 0 Å². The van der Waals surface area contributed by atoms with Gasteiger partial charge < -0.3 is 10.6 Å². The molecule has 0 bridgehead atoms. The molecule has 2 aromatic rings. The zero-order valence-electron chi connectivity index (χ0n) is 12.2. The van der Waals surface area contributed by atoms with Gasteiger partial charge >= 0.3 is 0 Å². The zero-order valence-corrected chi connectivity index (χ0v) is 12.2. The highest BCUT2D eigenvalue weighted by Crippen LogP contribution is 2.23. The van der Waals surface area contributed by atoms with Crippen molar-refractivity contribution in [3.63, 3.8) is 0 Å². The van der Waals surface area contributed by atoms with E-state index in [0.717, 1.165) is 6.54 Å². The van der Waals surface area contributed by atoms with Crippen LogP contribution in [0.5, 0.6) is 0 Å².